The molecule has 1 fully saturated rings. The van der Waals surface area contributed by atoms with Crippen molar-refractivity contribution in [3.63, 3.8) is 0 Å². The van der Waals surface area contributed by atoms with E-state index in [-0.39, 0.29) is 24.8 Å². The van der Waals surface area contributed by atoms with Crippen molar-refractivity contribution in [2.24, 2.45) is 17.3 Å². The molecule has 0 N–H and O–H groups in total. The van der Waals surface area contributed by atoms with E-state index < -0.39 is 0 Å². The van der Waals surface area contributed by atoms with Crippen LogP contribution in [0.25, 0.3) is 0 Å². The first-order chi connectivity index (χ1) is 9.02. The van der Waals surface area contributed by atoms with Crippen molar-refractivity contribution < 1.29 is 44.7 Å². The monoisotopic (exact) mass is 407 g/mol. The molecule has 1 rings (SSSR count). The van der Waals surface area contributed by atoms with Crippen molar-refractivity contribution >= 4 is 15.2 Å². The van der Waals surface area contributed by atoms with Gasteiger partial charge in [0, 0.05) is 0 Å². The van der Waals surface area contributed by atoms with Crippen LogP contribution in [0.15, 0.2) is 0 Å². The van der Waals surface area contributed by atoms with E-state index >= 15 is 0 Å². The van der Waals surface area contributed by atoms with Crippen LogP contribution in [0.2, 0.25) is 0 Å². The normalized spacial score (nSPS) is 28.5. The summed E-state index contributed by atoms with van der Waals surface area (Å²) in [5, 5.41) is 0. The van der Waals surface area contributed by atoms with Gasteiger partial charge in [0.25, 0.3) is 0 Å². The van der Waals surface area contributed by atoms with Gasteiger partial charge in [-0.05, 0) is 48.8 Å². The Labute approximate surface area is 161 Å². The molecule has 1 aliphatic rings. The first-order valence-corrected chi connectivity index (χ1v) is 13.4. The SMILES string of the molecule is CCC(C)C1(C(C)CC)CCCC(PC)C1.C[PH][Ti+2].[Cl-].[Cl-]. The van der Waals surface area contributed by atoms with Gasteiger partial charge >= 0.3 is 33.2 Å². The third kappa shape index (κ3) is 8.70. The fraction of sp³-hybridized carbons (Fsp3) is 1.00. The molecule has 1 aliphatic carbocycles. The summed E-state index contributed by atoms with van der Waals surface area (Å²) in [6, 6.07) is 0. The molecule has 0 aromatic heterocycles. The minimum absolute atomic E-state index is 0. The minimum Gasteiger partial charge on any atom is -1.00 e. The molecule has 21 heavy (non-hydrogen) atoms. The number of hydrogen-bond donors (Lipinski definition) is 0. The topological polar surface area (TPSA) is 0 Å². The molecule has 0 radical (unpaired) electrons. The van der Waals surface area contributed by atoms with Crippen molar-refractivity contribution in [1.82, 2.24) is 0 Å². The molecular formula is C16H35Cl2P2Ti. The Balaban J connectivity index is -0.000000596. The molecule has 0 spiro atoms. The Hall–Kier alpha value is 2.15. The van der Waals surface area contributed by atoms with Crippen LogP contribution in [-0.2, 0) is 19.9 Å². The van der Waals surface area contributed by atoms with Gasteiger partial charge in [0.2, 0.25) is 0 Å². The van der Waals surface area contributed by atoms with Gasteiger partial charge in [-0.3, -0.25) is 0 Å². The van der Waals surface area contributed by atoms with Crippen LogP contribution in [0.1, 0.15) is 66.2 Å². The van der Waals surface area contributed by atoms with E-state index in [0.717, 1.165) is 32.6 Å². The second kappa shape index (κ2) is 15.7. The Morgan fingerprint density at radius 1 is 1.10 bits per heavy atom. The second-order valence-electron chi connectivity index (χ2n) is 6.18. The van der Waals surface area contributed by atoms with Gasteiger partial charge in [-0.25, -0.2) is 0 Å². The standard InChI is InChI=1S/C15H31P.CH4P.2ClH.Ti/c1-6-12(3)15(13(4)7-2)10-8-9-14(11-15)16-5;1-2;;;/h12-14,16H,6-11H2,1-5H3;2H,1H3;2*1H;/q;-1;;;+3/p-2. The number of hydrogen-bond acceptors (Lipinski definition) is 0. The van der Waals surface area contributed by atoms with Gasteiger partial charge in [-0.15, -0.1) is 8.58 Å². The average Bonchev–Trinajstić information content (AvgIpc) is 2.46. The van der Waals surface area contributed by atoms with Crippen molar-refractivity contribution in [2.45, 2.75) is 71.9 Å². The van der Waals surface area contributed by atoms with Crippen LogP contribution < -0.4 is 24.8 Å². The maximum Gasteiger partial charge on any atom is -1.00 e. The van der Waals surface area contributed by atoms with E-state index in [1.165, 1.54) is 38.5 Å². The van der Waals surface area contributed by atoms with Crippen LogP contribution >= 0.6 is 15.2 Å². The van der Waals surface area contributed by atoms with Gasteiger partial charge in [0.15, 0.2) is 0 Å². The molecule has 0 aromatic rings. The van der Waals surface area contributed by atoms with E-state index in [1.807, 2.05) is 0 Å². The molecule has 0 heterocycles. The zero-order chi connectivity index (χ0) is 14.9. The molecular weight excluding hydrogens is 373 g/mol. The Morgan fingerprint density at radius 3 is 1.86 bits per heavy atom. The van der Waals surface area contributed by atoms with E-state index in [4.69, 9.17) is 0 Å². The minimum atomic E-state index is 0. The maximum atomic E-state index is 2.51. The summed E-state index contributed by atoms with van der Waals surface area (Å²) in [5.74, 6) is 1.84. The van der Waals surface area contributed by atoms with Crippen molar-refractivity contribution in [3.8, 4) is 0 Å². The van der Waals surface area contributed by atoms with E-state index in [2.05, 4.69) is 60.9 Å². The zero-order valence-corrected chi connectivity index (χ0v) is 19.8. The van der Waals surface area contributed by atoms with Crippen LogP contribution in [0.3, 0.4) is 0 Å². The Morgan fingerprint density at radius 2 is 1.52 bits per heavy atom. The third-order valence-electron chi connectivity index (χ3n) is 5.42. The first kappa shape index (κ1) is 28.0. The van der Waals surface area contributed by atoms with Crippen molar-refractivity contribution in [1.29, 1.82) is 0 Å². The summed E-state index contributed by atoms with van der Waals surface area (Å²) in [7, 11) is 1.16. The van der Waals surface area contributed by atoms with Gasteiger partial charge in [-0.1, -0.05) is 47.0 Å². The summed E-state index contributed by atoms with van der Waals surface area (Å²) in [5.41, 5.74) is 1.71. The molecule has 0 aromatic carbocycles. The largest absolute Gasteiger partial charge is 1.00 e. The van der Waals surface area contributed by atoms with Crippen LogP contribution in [0, 0.1) is 17.3 Å². The summed E-state index contributed by atoms with van der Waals surface area (Å²) in [6.07, 6.45) is 8.74. The molecule has 0 amide bonds. The predicted molar refractivity (Wildman–Crippen MR) is 92.1 cm³/mol. The third-order valence-corrected chi connectivity index (χ3v) is 6.73. The molecule has 0 nitrogen and oxygen atoms in total. The summed E-state index contributed by atoms with van der Waals surface area (Å²) in [6.45, 7) is 15.4. The first-order valence-electron chi connectivity index (χ1n) is 8.03. The molecule has 5 unspecified atom stereocenters. The second-order valence-corrected chi connectivity index (χ2v) is 10.4. The van der Waals surface area contributed by atoms with Crippen LogP contribution in [0.5, 0.6) is 0 Å². The average molecular weight is 408 g/mol. The van der Waals surface area contributed by atoms with Crippen molar-refractivity contribution in [3.05, 3.63) is 0 Å². The van der Waals surface area contributed by atoms with Crippen LogP contribution in [-0.4, -0.2) is 19.0 Å². The molecule has 5 heteroatoms. The fourth-order valence-corrected chi connectivity index (χ4v) is 4.86. The van der Waals surface area contributed by atoms with Gasteiger partial charge in [0.05, 0.1) is 0 Å². The van der Waals surface area contributed by atoms with Crippen LogP contribution in [0.4, 0.5) is 0 Å². The van der Waals surface area contributed by atoms with E-state index in [0.29, 0.717) is 5.41 Å². The molecule has 1 saturated carbocycles. The molecule has 0 aliphatic heterocycles. The summed E-state index contributed by atoms with van der Waals surface area (Å²) in [4.78, 5) is 0. The predicted octanol–water partition coefficient (Wildman–Crippen LogP) is 0.0804. The smallest absolute Gasteiger partial charge is 1.00 e. The Kier molecular flexibility index (Phi) is 20.9. The Bertz CT molecular complexity index is 220. The van der Waals surface area contributed by atoms with Gasteiger partial charge in [0.1, 0.15) is 0 Å². The fourth-order valence-electron chi connectivity index (χ4n) is 3.78. The summed E-state index contributed by atoms with van der Waals surface area (Å²) >= 11 is 2.15. The zero-order valence-electron chi connectivity index (χ0n) is 14.7. The molecule has 0 bridgehead atoms. The van der Waals surface area contributed by atoms with Gasteiger partial charge < -0.3 is 24.8 Å². The molecule has 0 saturated heterocycles. The van der Waals surface area contributed by atoms with E-state index in [9.17, 15) is 0 Å². The number of rotatable bonds is 5. The maximum absolute atomic E-state index is 2.51. The summed E-state index contributed by atoms with van der Waals surface area (Å²) < 4.78 is 0. The van der Waals surface area contributed by atoms with Crippen molar-refractivity contribution in [2.75, 3.05) is 13.3 Å². The van der Waals surface area contributed by atoms with Gasteiger partial charge in [-0.2, -0.15) is 0 Å². The molecule has 5 atom stereocenters. The molecule has 127 valence electrons. The quantitative estimate of drug-likeness (QED) is 0.447. The number of halogens is 2. The van der Waals surface area contributed by atoms with E-state index in [1.54, 1.807) is 0 Å².